The normalized spacial score (nSPS) is 13.5. The Hall–Kier alpha value is -3.32. The van der Waals surface area contributed by atoms with E-state index in [-0.39, 0.29) is 30.7 Å². The Morgan fingerprint density at radius 2 is 2.00 bits per heavy atom. The van der Waals surface area contributed by atoms with Gasteiger partial charge in [-0.1, -0.05) is 29.8 Å². The van der Waals surface area contributed by atoms with Gasteiger partial charge in [-0.2, -0.15) is 5.10 Å². The van der Waals surface area contributed by atoms with Gasteiger partial charge in [0, 0.05) is 16.7 Å². The molecule has 1 fully saturated rings. The first kappa shape index (κ1) is 18.1. The van der Waals surface area contributed by atoms with Gasteiger partial charge in [0.25, 0.3) is 5.91 Å². The number of nitrogens with one attached hydrogen (secondary N) is 1. The Bertz CT molecular complexity index is 1060. The third kappa shape index (κ3) is 3.44. The maximum Gasteiger partial charge on any atom is 0.276 e. The number of methoxy groups -OCH3 is 1. The number of carbonyl (C=O) groups is 2. The zero-order valence-electron chi connectivity index (χ0n) is 15.1. The number of aromatic nitrogens is 2. The second-order valence-electron chi connectivity index (χ2n) is 6.30. The van der Waals surface area contributed by atoms with Crippen LogP contribution in [0.5, 0.6) is 5.75 Å². The van der Waals surface area contributed by atoms with Crippen LogP contribution in [0.4, 0.5) is 0 Å². The summed E-state index contributed by atoms with van der Waals surface area (Å²) in [5.74, 6) is 0.172. The number of benzene rings is 2. The lowest BCUT2D eigenvalue weighted by atomic mass is 10.1. The minimum Gasteiger partial charge on any atom is -0.497 e. The monoisotopic (exact) mass is 396 g/mol. The van der Waals surface area contributed by atoms with E-state index in [9.17, 15) is 9.59 Å². The number of carbonyl (C=O) groups excluding carboxylic acids is 2. The van der Waals surface area contributed by atoms with Crippen LogP contribution in [-0.4, -0.2) is 46.8 Å². The summed E-state index contributed by atoms with van der Waals surface area (Å²) in [6.07, 6.45) is 0. The van der Waals surface area contributed by atoms with E-state index in [1.165, 1.54) is 4.90 Å². The number of rotatable bonds is 4. The van der Waals surface area contributed by atoms with Crippen LogP contribution < -0.4 is 10.1 Å². The predicted molar refractivity (Wildman–Crippen MR) is 105 cm³/mol. The number of halogens is 1. The van der Waals surface area contributed by atoms with E-state index < -0.39 is 0 Å². The minimum absolute atomic E-state index is 0.0252. The van der Waals surface area contributed by atoms with Crippen molar-refractivity contribution in [3.05, 3.63) is 65.3 Å². The fourth-order valence-electron chi connectivity index (χ4n) is 3.05. The first-order valence-electron chi connectivity index (χ1n) is 8.61. The van der Waals surface area contributed by atoms with Crippen molar-refractivity contribution < 1.29 is 14.3 Å². The lowest BCUT2D eigenvalue weighted by Crippen LogP contribution is -2.30. The number of ether oxygens (including phenoxy) is 1. The van der Waals surface area contributed by atoms with Crippen LogP contribution in [0.25, 0.3) is 16.9 Å². The molecule has 1 aromatic heterocycles. The van der Waals surface area contributed by atoms with Crippen molar-refractivity contribution >= 4 is 23.4 Å². The van der Waals surface area contributed by atoms with Gasteiger partial charge < -0.3 is 15.0 Å². The fraction of sp³-hybridized carbons (Fsp3) is 0.150. The van der Waals surface area contributed by atoms with Gasteiger partial charge in [-0.15, -0.1) is 0 Å². The van der Waals surface area contributed by atoms with Crippen molar-refractivity contribution in [2.75, 3.05) is 20.3 Å². The number of nitrogens with zero attached hydrogens (tertiary/aromatic N) is 3. The molecule has 1 saturated heterocycles. The molecule has 8 heteroatoms. The molecule has 0 saturated carbocycles. The highest BCUT2D eigenvalue weighted by Gasteiger charge is 2.27. The van der Waals surface area contributed by atoms with Gasteiger partial charge in [-0.25, -0.2) is 4.68 Å². The molecule has 0 bridgehead atoms. The molecule has 1 aliphatic heterocycles. The van der Waals surface area contributed by atoms with Crippen LogP contribution in [-0.2, 0) is 4.79 Å². The molecule has 1 N–H and O–H groups in total. The molecule has 1 aliphatic rings. The second kappa shape index (κ2) is 7.36. The van der Waals surface area contributed by atoms with Crippen LogP contribution in [0.3, 0.4) is 0 Å². The van der Waals surface area contributed by atoms with E-state index in [2.05, 4.69) is 10.4 Å². The molecule has 28 heavy (non-hydrogen) atoms. The van der Waals surface area contributed by atoms with E-state index in [1.807, 2.05) is 42.5 Å². The molecular weight excluding hydrogens is 380 g/mol. The van der Waals surface area contributed by atoms with E-state index in [1.54, 1.807) is 23.9 Å². The fourth-order valence-corrected chi connectivity index (χ4v) is 3.24. The molecule has 2 heterocycles. The quantitative estimate of drug-likeness (QED) is 0.735. The van der Waals surface area contributed by atoms with E-state index in [0.717, 1.165) is 11.3 Å². The summed E-state index contributed by atoms with van der Waals surface area (Å²) in [6.45, 7) is 0.202. The zero-order chi connectivity index (χ0) is 19.7. The largest absolute Gasteiger partial charge is 0.497 e. The highest BCUT2D eigenvalue weighted by Crippen LogP contribution is 2.28. The number of hydrogen-bond donors (Lipinski definition) is 1. The van der Waals surface area contributed by atoms with Crippen molar-refractivity contribution in [3.8, 4) is 22.7 Å². The topological polar surface area (TPSA) is 76.5 Å². The van der Waals surface area contributed by atoms with E-state index >= 15 is 0 Å². The molecule has 0 atom stereocenters. The van der Waals surface area contributed by atoms with Crippen LogP contribution in [0, 0.1) is 0 Å². The SMILES string of the molecule is COc1cccc(-n2nc(C(=O)N3CNC(=O)C3)cc2-c2cccc(Cl)c2)c1. The summed E-state index contributed by atoms with van der Waals surface area (Å²) in [6, 6.07) is 16.4. The van der Waals surface area contributed by atoms with Crippen LogP contribution in [0.15, 0.2) is 54.6 Å². The Morgan fingerprint density at radius 1 is 1.18 bits per heavy atom. The molecule has 4 rings (SSSR count). The number of hydrogen-bond acceptors (Lipinski definition) is 4. The summed E-state index contributed by atoms with van der Waals surface area (Å²) >= 11 is 6.16. The molecule has 2 aromatic carbocycles. The van der Waals surface area contributed by atoms with Gasteiger partial charge in [0.15, 0.2) is 5.69 Å². The van der Waals surface area contributed by atoms with E-state index in [4.69, 9.17) is 16.3 Å². The summed E-state index contributed by atoms with van der Waals surface area (Å²) in [5, 5.41) is 7.73. The average molecular weight is 397 g/mol. The van der Waals surface area contributed by atoms with Gasteiger partial charge in [0.05, 0.1) is 25.2 Å². The lowest BCUT2D eigenvalue weighted by molar-refractivity contribution is -0.118. The third-order valence-corrected chi connectivity index (χ3v) is 4.67. The molecule has 0 spiro atoms. The first-order valence-corrected chi connectivity index (χ1v) is 8.99. The maximum atomic E-state index is 12.8. The van der Waals surface area contributed by atoms with Crippen molar-refractivity contribution in [1.82, 2.24) is 20.0 Å². The Labute approximate surface area is 166 Å². The van der Waals surface area contributed by atoms with Gasteiger partial charge in [-0.05, 0) is 30.3 Å². The van der Waals surface area contributed by atoms with Gasteiger partial charge >= 0.3 is 0 Å². The van der Waals surface area contributed by atoms with Crippen molar-refractivity contribution in [1.29, 1.82) is 0 Å². The Morgan fingerprint density at radius 3 is 2.71 bits per heavy atom. The smallest absolute Gasteiger partial charge is 0.276 e. The van der Waals surface area contributed by atoms with Gasteiger partial charge in [0.2, 0.25) is 5.91 Å². The number of amides is 2. The highest BCUT2D eigenvalue weighted by molar-refractivity contribution is 6.30. The molecule has 0 unspecified atom stereocenters. The van der Waals surface area contributed by atoms with Crippen LogP contribution in [0.1, 0.15) is 10.5 Å². The Balaban J connectivity index is 1.82. The van der Waals surface area contributed by atoms with Gasteiger partial charge in [-0.3, -0.25) is 9.59 Å². The molecule has 142 valence electrons. The van der Waals surface area contributed by atoms with E-state index in [0.29, 0.717) is 16.5 Å². The molecule has 3 aromatic rings. The second-order valence-corrected chi connectivity index (χ2v) is 6.74. The van der Waals surface area contributed by atoms with Crippen molar-refractivity contribution in [3.63, 3.8) is 0 Å². The van der Waals surface area contributed by atoms with Gasteiger partial charge in [0.1, 0.15) is 12.3 Å². The molecule has 0 radical (unpaired) electrons. The predicted octanol–water partition coefficient (Wildman–Crippen LogP) is 2.73. The lowest BCUT2D eigenvalue weighted by Gasteiger charge is -2.11. The highest BCUT2D eigenvalue weighted by atomic mass is 35.5. The van der Waals surface area contributed by atoms with Crippen LogP contribution >= 0.6 is 11.6 Å². The van der Waals surface area contributed by atoms with Crippen molar-refractivity contribution in [2.24, 2.45) is 0 Å². The maximum absolute atomic E-state index is 12.8. The van der Waals surface area contributed by atoms with Crippen LogP contribution in [0.2, 0.25) is 5.02 Å². The molecular formula is C20H17ClN4O3. The summed E-state index contributed by atoms with van der Waals surface area (Å²) in [7, 11) is 1.59. The third-order valence-electron chi connectivity index (χ3n) is 4.44. The first-order chi connectivity index (χ1) is 13.5. The molecule has 0 aliphatic carbocycles. The zero-order valence-corrected chi connectivity index (χ0v) is 15.8. The molecule has 7 nitrogen and oxygen atoms in total. The minimum atomic E-state index is -0.316. The summed E-state index contributed by atoms with van der Waals surface area (Å²) in [4.78, 5) is 25.7. The summed E-state index contributed by atoms with van der Waals surface area (Å²) < 4.78 is 6.98. The average Bonchev–Trinajstić information content (AvgIpc) is 3.34. The Kier molecular flexibility index (Phi) is 4.75. The molecule has 2 amide bonds. The standard InChI is InChI=1S/C20H17ClN4O3/c1-28-16-7-3-6-15(9-16)25-18(13-4-2-5-14(21)8-13)10-17(23-25)20(27)24-11-19(26)22-12-24/h2-10H,11-12H2,1H3,(H,22,26). The summed E-state index contributed by atoms with van der Waals surface area (Å²) in [5.41, 5.74) is 2.51. The van der Waals surface area contributed by atoms with Crippen molar-refractivity contribution in [2.45, 2.75) is 0 Å².